The molecular formula is C18H17N5O3. The highest BCUT2D eigenvalue weighted by Crippen LogP contribution is 2.30. The number of aromatic hydroxyl groups is 1. The number of nitrogens with zero attached hydrogens (tertiary/aromatic N) is 4. The number of para-hydroxylation sites is 1. The molecule has 3 heterocycles. The number of imidazole rings is 1. The number of carboxylic acids is 1. The van der Waals surface area contributed by atoms with E-state index in [4.69, 9.17) is 0 Å². The number of hydrogen-bond donors (Lipinski definition) is 3. The Labute approximate surface area is 149 Å². The average molecular weight is 351 g/mol. The van der Waals surface area contributed by atoms with Gasteiger partial charge >= 0.3 is 5.97 Å². The van der Waals surface area contributed by atoms with Crippen molar-refractivity contribution in [2.45, 2.75) is 25.9 Å². The molecule has 0 aliphatic carbocycles. The van der Waals surface area contributed by atoms with Gasteiger partial charge in [0.25, 0.3) is 0 Å². The molecule has 8 nitrogen and oxygen atoms in total. The maximum atomic E-state index is 11.8. The maximum absolute atomic E-state index is 11.8. The fraction of sp³-hybridized carbons (Fsp3) is 0.222. The molecule has 0 spiro atoms. The molecule has 3 aromatic rings. The Hall–Kier alpha value is -3.42. The zero-order valence-corrected chi connectivity index (χ0v) is 14.0. The van der Waals surface area contributed by atoms with Gasteiger partial charge in [0.1, 0.15) is 17.6 Å². The summed E-state index contributed by atoms with van der Waals surface area (Å²) in [5, 5.41) is 19.8. The number of anilines is 1. The van der Waals surface area contributed by atoms with Crippen LogP contribution in [-0.2, 0) is 17.8 Å². The lowest BCUT2D eigenvalue weighted by molar-refractivity contribution is -0.138. The Morgan fingerprint density at radius 1 is 1.31 bits per heavy atom. The molecule has 0 unspecified atom stereocenters. The Kier molecular flexibility index (Phi) is 3.80. The fourth-order valence-electron chi connectivity index (χ4n) is 3.18. The van der Waals surface area contributed by atoms with Crippen LogP contribution in [0.3, 0.4) is 0 Å². The largest absolute Gasteiger partial charge is 0.507 e. The second kappa shape index (κ2) is 6.14. The summed E-state index contributed by atoms with van der Waals surface area (Å²) in [5.74, 6) is 0.00778. The SMILES string of the molecule is Cc1cc(N2Cc3[nH]cnc3C[C@H]2C(=O)O)nc(-c2ccccc2O)n1. The number of carbonyl (C=O) groups is 1. The monoisotopic (exact) mass is 351 g/mol. The molecule has 0 saturated heterocycles. The molecule has 1 aliphatic heterocycles. The van der Waals surface area contributed by atoms with Crippen LogP contribution >= 0.6 is 0 Å². The lowest BCUT2D eigenvalue weighted by Gasteiger charge is -2.33. The Morgan fingerprint density at radius 2 is 2.12 bits per heavy atom. The van der Waals surface area contributed by atoms with Gasteiger partial charge in [0.05, 0.1) is 29.8 Å². The molecule has 1 aliphatic rings. The fourth-order valence-corrected chi connectivity index (χ4v) is 3.18. The number of aryl methyl sites for hydroxylation is 1. The van der Waals surface area contributed by atoms with Crippen molar-refractivity contribution in [3.05, 3.63) is 53.7 Å². The molecular weight excluding hydrogens is 334 g/mol. The highest BCUT2D eigenvalue weighted by Gasteiger charge is 2.34. The van der Waals surface area contributed by atoms with E-state index in [-0.39, 0.29) is 5.75 Å². The first-order valence-corrected chi connectivity index (χ1v) is 8.17. The third-order valence-electron chi connectivity index (χ3n) is 4.46. The summed E-state index contributed by atoms with van der Waals surface area (Å²) >= 11 is 0. The Morgan fingerprint density at radius 3 is 2.88 bits per heavy atom. The molecule has 3 N–H and O–H groups in total. The third-order valence-corrected chi connectivity index (χ3v) is 4.46. The number of nitrogens with one attached hydrogen (secondary N) is 1. The van der Waals surface area contributed by atoms with E-state index >= 15 is 0 Å². The van der Waals surface area contributed by atoms with Crippen LogP contribution in [0, 0.1) is 6.92 Å². The number of phenolic OH excluding ortho intramolecular Hbond substituents is 1. The van der Waals surface area contributed by atoms with Gasteiger partial charge < -0.3 is 20.1 Å². The van der Waals surface area contributed by atoms with Crippen LogP contribution in [0.5, 0.6) is 5.75 Å². The summed E-state index contributed by atoms with van der Waals surface area (Å²) in [7, 11) is 0. The van der Waals surface area contributed by atoms with Gasteiger partial charge in [-0.15, -0.1) is 0 Å². The molecule has 26 heavy (non-hydrogen) atoms. The van der Waals surface area contributed by atoms with Gasteiger partial charge in [0.15, 0.2) is 5.82 Å². The van der Waals surface area contributed by atoms with Crippen LogP contribution in [0.25, 0.3) is 11.4 Å². The minimum atomic E-state index is -0.931. The summed E-state index contributed by atoms with van der Waals surface area (Å²) in [6.45, 7) is 2.18. The number of rotatable bonds is 3. The second-order valence-electron chi connectivity index (χ2n) is 6.22. The minimum Gasteiger partial charge on any atom is -0.507 e. The third kappa shape index (κ3) is 2.75. The standard InChI is InChI=1S/C18H17N5O3/c1-10-6-16(22-17(21-10)11-4-2-3-5-15(11)24)23-8-13-12(19-9-20-13)7-14(23)18(25)26/h2-6,9,14,24H,7-8H2,1H3,(H,19,20)(H,25,26)/t14-/m0/s1. The van der Waals surface area contributed by atoms with Crippen LogP contribution in [0.2, 0.25) is 0 Å². The number of aromatic amines is 1. The highest BCUT2D eigenvalue weighted by atomic mass is 16.4. The van der Waals surface area contributed by atoms with Gasteiger partial charge in [-0.1, -0.05) is 12.1 Å². The van der Waals surface area contributed by atoms with Gasteiger partial charge in [-0.25, -0.2) is 19.7 Å². The molecule has 0 bridgehead atoms. The van der Waals surface area contributed by atoms with Gasteiger partial charge in [-0.2, -0.15) is 0 Å². The van der Waals surface area contributed by atoms with Gasteiger partial charge in [-0.05, 0) is 19.1 Å². The van der Waals surface area contributed by atoms with Crippen molar-refractivity contribution >= 4 is 11.8 Å². The van der Waals surface area contributed by atoms with Crippen molar-refractivity contribution in [3.63, 3.8) is 0 Å². The first kappa shape index (κ1) is 16.1. The zero-order valence-electron chi connectivity index (χ0n) is 14.0. The van der Waals surface area contributed by atoms with Crippen molar-refractivity contribution in [1.29, 1.82) is 0 Å². The Bertz CT molecular complexity index is 984. The number of fused-ring (bicyclic) bond motifs is 1. The van der Waals surface area contributed by atoms with Gasteiger partial charge in [-0.3, -0.25) is 0 Å². The molecule has 132 valence electrons. The first-order chi connectivity index (χ1) is 12.5. The van der Waals surface area contributed by atoms with E-state index in [1.54, 1.807) is 41.6 Å². The summed E-state index contributed by atoms with van der Waals surface area (Å²) in [4.78, 5) is 29.7. The van der Waals surface area contributed by atoms with Crippen molar-refractivity contribution in [1.82, 2.24) is 19.9 Å². The van der Waals surface area contributed by atoms with Crippen molar-refractivity contribution < 1.29 is 15.0 Å². The van der Waals surface area contributed by atoms with Crippen LogP contribution < -0.4 is 4.90 Å². The zero-order chi connectivity index (χ0) is 18.3. The molecule has 0 saturated carbocycles. The van der Waals surface area contributed by atoms with Gasteiger partial charge in [0, 0.05) is 18.2 Å². The first-order valence-electron chi connectivity index (χ1n) is 8.17. The van der Waals surface area contributed by atoms with E-state index in [0.29, 0.717) is 35.9 Å². The summed E-state index contributed by atoms with van der Waals surface area (Å²) in [6.07, 6.45) is 1.87. The molecule has 0 radical (unpaired) electrons. The normalized spacial score (nSPS) is 16.3. The number of phenols is 1. The summed E-state index contributed by atoms with van der Waals surface area (Å²) in [5.41, 5.74) is 2.83. The number of H-pyrrole nitrogens is 1. The second-order valence-corrected chi connectivity index (χ2v) is 6.22. The molecule has 4 rings (SSSR count). The molecule has 1 aromatic carbocycles. The quantitative estimate of drug-likeness (QED) is 0.660. The van der Waals surface area contributed by atoms with E-state index < -0.39 is 12.0 Å². The minimum absolute atomic E-state index is 0.0772. The number of aromatic nitrogens is 4. The summed E-state index contributed by atoms with van der Waals surface area (Å²) < 4.78 is 0. The van der Waals surface area contributed by atoms with Crippen LogP contribution in [0.1, 0.15) is 17.1 Å². The van der Waals surface area contributed by atoms with Crippen molar-refractivity contribution in [2.24, 2.45) is 0 Å². The molecule has 1 atom stereocenters. The van der Waals surface area contributed by atoms with Crippen LogP contribution in [0.4, 0.5) is 5.82 Å². The molecule has 0 amide bonds. The van der Waals surface area contributed by atoms with Crippen LogP contribution in [-0.4, -0.2) is 42.2 Å². The number of benzene rings is 1. The predicted molar refractivity (Wildman–Crippen MR) is 93.8 cm³/mol. The Balaban J connectivity index is 1.80. The lowest BCUT2D eigenvalue weighted by atomic mass is 10.0. The van der Waals surface area contributed by atoms with E-state index in [0.717, 1.165) is 11.4 Å². The highest BCUT2D eigenvalue weighted by molar-refractivity contribution is 5.79. The molecule has 0 fully saturated rings. The van der Waals surface area contributed by atoms with Gasteiger partial charge in [0.2, 0.25) is 0 Å². The van der Waals surface area contributed by atoms with E-state index in [9.17, 15) is 15.0 Å². The summed E-state index contributed by atoms with van der Waals surface area (Å²) in [6, 6.07) is 7.79. The maximum Gasteiger partial charge on any atom is 0.326 e. The van der Waals surface area contributed by atoms with Crippen molar-refractivity contribution in [3.8, 4) is 17.1 Å². The van der Waals surface area contributed by atoms with Crippen molar-refractivity contribution in [2.75, 3.05) is 4.90 Å². The topological polar surface area (TPSA) is 115 Å². The number of aliphatic carboxylic acids is 1. The average Bonchev–Trinajstić information content (AvgIpc) is 3.08. The van der Waals surface area contributed by atoms with Crippen LogP contribution in [0.15, 0.2) is 36.7 Å². The smallest absolute Gasteiger partial charge is 0.326 e. The number of hydrogen-bond acceptors (Lipinski definition) is 6. The van der Waals surface area contributed by atoms with E-state index in [1.165, 1.54) is 0 Å². The predicted octanol–water partition coefficient (Wildman–Crippen LogP) is 1.90. The van der Waals surface area contributed by atoms with E-state index in [2.05, 4.69) is 19.9 Å². The number of carboxylic acid groups (broad SMARTS) is 1. The lowest BCUT2D eigenvalue weighted by Crippen LogP contribution is -2.46. The molecule has 2 aromatic heterocycles. The van der Waals surface area contributed by atoms with E-state index in [1.807, 2.05) is 6.92 Å². The molecule has 8 heteroatoms.